The maximum Gasteiger partial charge on any atom is 0.332 e. The first-order valence-corrected chi connectivity index (χ1v) is 9.62. The molecule has 0 fully saturated rings. The first-order valence-electron chi connectivity index (χ1n) is 9.24. The highest BCUT2D eigenvalue weighted by molar-refractivity contribution is 6.35. The van der Waals surface area contributed by atoms with Gasteiger partial charge in [-0.25, -0.2) is 9.78 Å². The molecule has 2 heterocycles. The molecular formula is C20H25ClN6O2. The van der Waals surface area contributed by atoms with Gasteiger partial charge in [0.05, 0.1) is 18.3 Å². The summed E-state index contributed by atoms with van der Waals surface area (Å²) >= 11 is 6.21. The van der Waals surface area contributed by atoms with Crippen LogP contribution >= 0.6 is 11.6 Å². The molecule has 0 aliphatic carbocycles. The van der Waals surface area contributed by atoms with Gasteiger partial charge < -0.3 is 14.9 Å². The third-order valence-corrected chi connectivity index (χ3v) is 5.53. The van der Waals surface area contributed by atoms with E-state index in [1.54, 1.807) is 13.1 Å². The molecule has 8 nitrogen and oxygen atoms in total. The lowest BCUT2D eigenvalue weighted by molar-refractivity contribution is -0.116. The largest absolute Gasteiger partial charge is 0.357 e. The maximum absolute atomic E-state index is 13.0. The number of urea groups is 1. The SMILES string of the molecule is CNC(C)c1nc(N(C)C(=O)N(C=O)Cc2cc3c(Cl)cccc3[nH]2)c(C)n1C. The van der Waals surface area contributed by atoms with Crippen LogP contribution in [0.25, 0.3) is 10.9 Å². The minimum Gasteiger partial charge on any atom is -0.357 e. The summed E-state index contributed by atoms with van der Waals surface area (Å²) in [6.07, 6.45) is 0.529. The maximum atomic E-state index is 13.0. The molecule has 154 valence electrons. The number of nitrogens with one attached hydrogen (secondary N) is 2. The highest BCUT2D eigenvalue weighted by Gasteiger charge is 2.25. The smallest absolute Gasteiger partial charge is 0.332 e. The summed E-state index contributed by atoms with van der Waals surface area (Å²) in [4.78, 5) is 35.0. The van der Waals surface area contributed by atoms with Gasteiger partial charge in [0.15, 0.2) is 5.82 Å². The van der Waals surface area contributed by atoms with E-state index in [-0.39, 0.29) is 12.6 Å². The molecule has 0 aliphatic rings. The zero-order chi connectivity index (χ0) is 21.3. The minimum absolute atomic E-state index is 0.0224. The number of fused-ring (bicyclic) bond motifs is 1. The van der Waals surface area contributed by atoms with Gasteiger partial charge in [0.25, 0.3) is 0 Å². The van der Waals surface area contributed by atoms with Crippen molar-refractivity contribution in [3.05, 3.63) is 46.5 Å². The fourth-order valence-corrected chi connectivity index (χ4v) is 3.53. The van der Waals surface area contributed by atoms with E-state index in [1.807, 2.05) is 50.7 Å². The van der Waals surface area contributed by atoms with Crippen molar-refractivity contribution in [1.82, 2.24) is 24.8 Å². The van der Waals surface area contributed by atoms with E-state index in [9.17, 15) is 9.59 Å². The number of H-pyrrole nitrogens is 1. The number of hydrogen-bond donors (Lipinski definition) is 2. The van der Waals surface area contributed by atoms with Crippen LogP contribution in [0.1, 0.15) is 30.2 Å². The summed E-state index contributed by atoms with van der Waals surface area (Å²) in [7, 11) is 5.37. The standard InChI is InChI=1S/C20H25ClN6O2/c1-12(22-3)18-24-19(13(2)25(18)4)26(5)20(29)27(11-28)10-14-9-15-16(21)7-6-8-17(15)23-14/h6-9,11-12,22-23H,10H2,1-5H3. The molecule has 1 unspecified atom stereocenters. The fraction of sp³-hybridized carbons (Fsp3) is 0.350. The van der Waals surface area contributed by atoms with Crippen LogP contribution in [0.15, 0.2) is 24.3 Å². The van der Waals surface area contributed by atoms with E-state index in [1.165, 1.54) is 4.90 Å². The monoisotopic (exact) mass is 416 g/mol. The van der Waals surface area contributed by atoms with E-state index in [0.29, 0.717) is 22.9 Å². The Morgan fingerprint density at radius 2 is 2.17 bits per heavy atom. The zero-order valence-corrected chi connectivity index (χ0v) is 17.9. The second-order valence-corrected chi connectivity index (χ2v) is 7.43. The predicted octanol–water partition coefficient (Wildman–Crippen LogP) is 3.36. The Hall–Kier alpha value is -2.84. The molecule has 0 spiro atoms. The van der Waals surface area contributed by atoms with Crippen molar-refractivity contribution in [2.24, 2.45) is 7.05 Å². The summed E-state index contributed by atoms with van der Waals surface area (Å²) < 4.78 is 1.94. The number of imide groups is 1. The van der Waals surface area contributed by atoms with Crippen molar-refractivity contribution in [3.8, 4) is 0 Å². The van der Waals surface area contributed by atoms with Crippen molar-refractivity contribution in [2.45, 2.75) is 26.4 Å². The summed E-state index contributed by atoms with van der Waals surface area (Å²) in [5.74, 6) is 1.32. The number of hydrogen-bond acceptors (Lipinski definition) is 4. The minimum atomic E-state index is -0.463. The third kappa shape index (κ3) is 3.86. The van der Waals surface area contributed by atoms with E-state index in [4.69, 9.17) is 11.6 Å². The molecular weight excluding hydrogens is 392 g/mol. The van der Waals surface area contributed by atoms with Gasteiger partial charge in [-0.3, -0.25) is 14.6 Å². The first-order chi connectivity index (χ1) is 13.8. The number of benzene rings is 1. The van der Waals surface area contributed by atoms with Gasteiger partial charge in [-0.2, -0.15) is 0 Å². The lowest BCUT2D eigenvalue weighted by atomic mass is 10.2. The normalized spacial score (nSPS) is 12.2. The first kappa shape index (κ1) is 20.9. The molecule has 9 heteroatoms. The Morgan fingerprint density at radius 3 is 2.79 bits per heavy atom. The van der Waals surface area contributed by atoms with E-state index in [0.717, 1.165) is 27.3 Å². The van der Waals surface area contributed by atoms with Gasteiger partial charge in [-0.05, 0) is 39.1 Å². The lowest BCUT2D eigenvalue weighted by Crippen LogP contribution is -2.40. The van der Waals surface area contributed by atoms with E-state index < -0.39 is 6.03 Å². The van der Waals surface area contributed by atoms with Gasteiger partial charge in [0.1, 0.15) is 5.82 Å². The van der Waals surface area contributed by atoms with Crippen LogP contribution in [0.5, 0.6) is 0 Å². The molecule has 0 saturated carbocycles. The van der Waals surface area contributed by atoms with Gasteiger partial charge in [0, 0.05) is 35.7 Å². The van der Waals surface area contributed by atoms with Crippen molar-refractivity contribution < 1.29 is 9.59 Å². The van der Waals surface area contributed by atoms with Crippen LogP contribution in [-0.4, -0.2) is 46.0 Å². The Bertz CT molecular complexity index is 1060. The second-order valence-electron chi connectivity index (χ2n) is 7.02. The number of amides is 3. The van der Waals surface area contributed by atoms with Crippen molar-refractivity contribution in [3.63, 3.8) is 0 Å². The van der Waals surface area contributed by atoms with Crippen LogP contribution in [-0.2, 0) is 18.4 Å². The van der Waals surface area contributed by atoms with Crippen LogP contribution in [0.2, 0.25) is 5.02 Å². The van der Waals surface area contributed by atoms with Gasteiger partial charge in [-0.15, -0.1) is 0 Å². The topological polar surface area (TPSA) is 86.3 Å². The highest BCUT2D eigenvalue weighted by Crippen LogP contribution is 2.26. The molecule has 3 aromatic rings. The fourth-order valence-electron chi connectivity index (χ4n) is 3.30. The average Bonchev–Trinajstić information content (AvgIpc) is 3.26. The Kier molecular flexibility index (Phi) is 5.95. The van der Waals surface area contributed by atoms with Crippen LogP contribution in [0.4, 0.5) is 10.6 Å². The summed E-state index contributed by atoms with van der Waals surface area (Å²) in [5.41, 5.74) is 2.40. The molecule has 1 aromatic carbocycles. The summed E-state index contributed by atoms with van der Waals surface area (Å²) in [5, 5.41) is 4.61. The Morgan fingerprint density at radius 1 is 1.45 bits per heavy atom. The molecule has 1 atom stereocenters. The number of nitrogens with zero attached hydrogens (tertiary/aromatic N) is 4. The van der Waals surface area contributed by atoms with Crippen molar-refractivity contribution >= 4 is 40.8 Å². The van der Waals surface area contributed by atoms with Crippen LogP contribution in [0, 0.1) is 6.92 Å². The number of imidazole rings is 1. The number of carbonyl (C=O) groups is 2. The predicted molar refractivity (Wildman–Crippen MR) is 114 cm³/mol. The molecule has 2 N–H and O–H groups in total. The average molecular weight is 417 g/mol. The molecule has 2 aromatic heterocycles. The lowest BCUT2D eigenvalue weighted by Gasteiger charge is -2.22. The quantitative estimate of drug-likeness (QED) is 0.603. The number of aromatic nitrogens is 3. The van der Waals surface area contributed by atoms with Crippen molar-refractivity contribution in [1.29, 1.82) is 0 Å². The molecule has 0 aliphatic heterocycles. The number of carbonyl (C=O) groups excluding carboxylic acids is 2. The van der Waals surface area contributed by atoms with Gasteiger partial charge in [-0.1, -0.05) is 17.7 Å². The van der Waals surface area contributed by atoms with Crippen LogP contribution < -0.4 is 10.2 Å². The van der Waals surface area contributed by atoms with Crippen molar-refractivity contribution in [2.75, 3.05) is 19.0 Å². The zero-order valence-electron chi connectivity index (χ0n) is 17.2. The number of aromatic amines is 1. The Balaban J connectivity index is 1.85. The number of halogens is 1. The molecule has 29 heavy (non-hydrogen) atoms. The molecule has 0 saturated heterocycles. The Labute approximate surface area is 174 Å². The van der Waals surface area contributed by atoms with E-state index in [2.05, 4.69) is 15.3 Å². The third-order valence-electron chi connectivity index (χ3n) is 5.20. The highest BCUT2D eigenvalue weighted by atomic mass is 35.5. The number of rotatable bonds is 6. The van der Waals surface area contributed by atoms with E-state index >= 15 is 0 Å². The summed E-state index contributed by atoms with van der Waals surface area (Å²) in [6, 6.07) is 6.94. The molecule has 3 amide bonds. The second kappa shape index (κ2) is 8.26. The van der Waals surface area contributed by atoms with Crippen LogP contribution in [0.3, 0.4) is 0 Å². The van der Waals surface area contributed by atoms with Gasteiger partial charge in [0.2, 0.25) is 6.41 Å². The molecule has 3 rings (SSSR count). The molecule has 0 bridgehead atoms. The van der Waals surface area contributed by atoms with Gasteiger partial charge >= 0.3 is 6.03 Å². The summed E-state index contributed by atoms with van der Waals surface area (Å²) in [6.45, 7) is 3.98. The number of anilines is 1. The molecule has 0 radical (unpaired) electrons.